The van der Waals surface area contributed by atoms with E-state index >= 15 is 0 Å². The van der Waals surface area contributed by atoms with Gasteiger partial charge in [0.1, 0.15) is 29.2 Å². The second-order valence-corrected chi connectivity index (χ2v) is 10.9. The first-order valence-corrected chi connectivity index (χ1v) is 13.7. The standard InChI is InChI=1S/C28H30Cl2N4O4/c29-19-12-22(30)21-14-25(33-23(21)13-19)28(38)34-24(10-17-4-2-1-3-5-17)27(16-37)32-20(7-9-35)11-18-6-8-31-26(18)15-36/h7,12-14,17-18,20,24,31-33H,1-6,8,10-11H2,(H,34,38)/t18-,20?,24?/m0/s1. The highest BCUT2D eigenvalue weighted by molar-refractivity contribution is 6.38. The van der Waals surface area contributed by atoms with Crippen LogP contribution in [0.15, 0.2) is 35.7 Å². The highest BCUT2D eigenvalue weighted by Gasteiger charge is 2.29. The molecule has 2 aromatic rings. The van der Waals surface area contributed by atoms with Crippen LogP contribution in [0.25, 0.3) is 10.9 Å². The normalized spacial score (nSPS) is 19.0. The van der Waals surface area contributed by atoms with Gasteiger partial charge in [-0.2, -0.15) is 0 Å². The van der Waals surface area contributed by atoms with Crippen molar-refractivity contribution in [2.45, 2.75) is 63.5 Å². The molecule has 4 rings (SSSR count). The van der Waals surface area contributed by atoms with Crippen molar-refractivity contribution < 1.29 is 19.2 Å². The van der Waals surface area contributed by atoms with Crippen LogP contribution in [0.5, 0.6) is 0 Å². The van der Waals surface area contributed by atoms with Gasteiger partial charge in [0.15, 0.2) is 0 Å². The van der Waals surface area contributed by atoms with Crippen LogP contribution in [0.3, 0.4) is 0 Å². The van der Waals surface area contributed by atoms with Gasteiger partial charge in [-0.1, -0.05) is 55.3 Å². The van der Waals surface area contributed by atoms with E-state index in [-0.39, 0.29) is 17.3 Å². The van der Waals surface area contributed by atoms with Crippen LogP contribution in [-0.4, -0.2) is 47.3 Å². The van der Waals surface area contributed by atoms with Gasteiger partial charge in [0.25, 0.3) is 5.91 Å². The Morgan fingerprint density at radius 1 is 1.05 bits per heavy atom. The molecule has 2 aliphatic rings. The van der Waals surface area contributed by atoms with Crippen molar-refractivity contribution >= 4 is 57.8 Å². The van der Waals surface area contributed by atoms with Crippen molar-refractivity contribution in [3.8, 4) is 0 Å². The Labute approximate surface area is 230 Å². The van der Waals surface area contributed by atoms with E-state index in [0.717, 1.165) is 25.7 Å². The molecule has 2 unspecified atom stereocenters. The molecule has 1 aliphatic carbocycles. The van der Waals surface area contributed by atoms with Crippen molar-refractivity contribution in [1.82, 2.24) is 20.9 Å². The largest absolute Gasteiger partial charge is 0.379 e. The van der Waals surface area contributed by atoms with Gasteiger partial charge in [0.2, 0.25) is 0 Å². The molecule has 1 saturated heterocycles. The quantitative estimate of drug-likeness (QED) is 0.323. The van der Waals surface area contributed by atoms with E-state index in [0.29, 0.717) is 58.4 Å². The van der Waals surface area contributed by atoms with E-state index in [1.807, 2.05) is 11.9 Å². The van der Waals surface area contributed by atoms with E-state index in [1.54, 1.807) is 24.1 Å². The molecule has 0 spiro atoms. The summed E-state index contributed by atoms with van der Waals surface area (Å²) in [6.07, 6.45) is 8.36. The van der Waals surface area contributed by atoms with E-state index in [2.05, 4.69) is 20.9 Å². The van der Waals surface area contributed by atoms with Crippen molar-refractivity contribution in [1.29, 1.82) is 0 Å². The summed E-state index contributed by atoms with van der Waals surface area (Å²) in [4.78, 5) is 51.1. The van der Waals surface area contributed by atoms with Crippen LogP contribution in [-0.2, 0) is 14.4 Å². The second kappa shape index (κ2) is 13.0. The molecular formula is C28H30Cl2N4O4. The van der Waals surface area contributed by atoms with Crippen molar-refractivity contribution in [2.24, 2.45) is 11.8 Å². The third-order valence-corrected chi connectivity index (χ3v) is 7.96. The Balaban J connectivity index is 1.56. The zero-order chi connectivity index (χ0) is 27.1. The topological polar surface area (TPSA) is 120 Å². The van der Waals surface area contributed by atoms with Crippen molar-refractivity contribution in [2.75, 3.05) is 6.54 Å². The molecule has 1 amide bonds. The van der Waals surface area contributed by atoms with E-state index in [4.69, 9.17) is 23.2 Å². The fraction of sp³-hybridized carbons (Fsp3) is 0.464. The molecule has 3 atom stereocenters. The Morgan fingerprint density at radius 3 is 2.55 bits per heavy atom. The number of benzene rings is 1. The summed E-state index contributed by atoms with van der Waals surface area (Å²) in [6, 6.07) is 3.72. The predicted octanol–water partition coefficient (Wildman–Crippen LogP) is 4.32. The van der Waals surface area contributed by atoms with Gasteiger partial charge < -0.3 is 20.9 Å². The van der Waals surface area contributed by atoms with Crippen LogP contribution in [0, 0.1) is 11.8 Å². The van der Waals surface area contributed by atoms with Crippen molar-refractivity contribution in [3.05, 3.63) is 51.4 Å². The summed E-state index contributed by atoms with van der Waals surface area (Å²) in [7, 11) is 0. The molecule has 0 radical (unpaired) electrons. The lowest BCUT2D eigenvalue weighted by atomic mass is 9.84. The molecule has 38 heavy (non-hydrogen) atoms. The minimum atomic E-state index is -0.654. The number of allylic oxidation sites excluding steroid dienone is 1. The molecule has 1 saturated carbocycles. The summed E-state index contributed by atoms with van der Waals surface area (Å²) < 4.78 is 0. The Morgan fingerprint density at radius 2 is 1.84 bits per heavy atom. The summed E-state index contributed by atoms with van der Waals surface area (Å²) >= 11 is 12.4. The summed E-state index contributed by atoms with van der Waals surface area (Å²) in [5.41, 5.74) is 1.52. The maximum atomic E-state index is 13.3. The molecule has 10 heteroatoms. The number of aromatic amines is 1. The first kappa shape index (κ1) is 27.8. The highest BCUT2D eigenvalue weighted by atomic mass is 35.5. The number of fused-ring (bicyclic) bond motifs is 1. The van der Waals surface area contributed by atoms with Gasteiger partial charge >= 0.3 is 0 Å². The number of nitrogens with one attached hydrogen (secondary N) is 4. The number of carbonyl (C=O) groups excluding carboxylic acids is 4. The van der Waals surface area contributed by atoms with E-state index < -0.39 is 18.0 Å². The Hall–Kier alpha value is -3.24. The highest BCUT2D eigenvalue weighted by Crippen LogP contribution is 2.30. The number of hydrogen-bond donors (Lipinski definition) is 4. The number of aromatic nitrogens is 1. The van der Waals surface area contributed by atoms with Gasteiger partial charge in [-0.25, -0.2) is 14.4 Å². The number of rotatable bonds is 10. The van der Waals surface area contributed by atoms with Gasteiger partial charge in [-0.05, 0) is 43.4 Å². The van der Waals surface area contributed by atoms with Crippen LogP contribution >= 0.6 is 23.2 Å². The predicted molar refractivity (Wildman–Crippen MR) is 147 cm³/mol. The Bertz CT molecular complexity index is 1330. The minimum Gasteiger partial charge on any atom is -0.379 e. The summed E-state index contributed by atoms with van der Waals surface area (Å²) in [6.45, 7) is 0.642. The lowest BCUT2D eigenvalue weighted by molar-refractivity contribution is 0.0930. The zero-order valence-electron chi connectivity index (χ0n) is 20.9. The van der Waals surface area contributed by atoms with Crippen molar-refractivity contribution in [3.63, 3.8) is 0 Å². The molecule has 1 aromatic carbocycles. The summed E-state index contributed by atoms with van der Waals surface area (Å²) in [5.74, 6) is 5.48. The molecule has 2 heterocycles. The first-order chi connectivity index (χ1) is 18.4. The lowest BCUT2D eigenvalue weighted by Crippen LogP contribution is -2.44. The third kappa shape index (κ3) is 6.79. The number of halogens is 2. The zero-order valence-corrected chi connectivity index (χ0v) is 22.4. The molecule has 1 aliphatic heterocycles. The SMILES string of the molecule is O=C=CC(C[C@@H]1CCNC1=C=O)NC(=C=O)C(CC1CCCCC1)NC(=O)c1cc2c(Cl)cc(Cl)cc2[nH]1. The number of hydrogen-bond acceptors (Lipinski definition) is 6. The number of amides is 1. The Kier molecular flexibility index (Phi) is 9.52. The minimum absolute atomic E-state index is 0.128. The van der Waals surface area contributed by atoms with Gasteiger partial charge in [-0.3, -0.25) is 4.79 Å². The summed E-state index contributed by atoms with van der Waals surface area (Å²) in [5, 5.41) is 10.6. The monoisotopic (exact) mass is 556 g/mol. The smallest absolute Gasteiger partial charge is 0.268 e. The first-order valence-electron chi connectivity index (χ1n) is 12.9. The van der Waals surface area contributed by atoms with Crippen LogP contribution in [0.2, 0.25) is 10.0 Å². The molecule has 4 N–H and O–H groups in total. The molecule has 2 fully saturated rings. The van der Waals surface area contributed by atoms with Crippen LogP contribution < -0.4 is 16.0 Å². The average Bonchev–Trinajstić information content (AvgIpc) is 3.54. The number of H-pyrrole nitrogens is 1. The lowest BCUT2D eigenvalue weighted by Gasteiger charge is -2.29. The van der Waals surface area contributed by atoms with Crippen LogP contribution in [0.4, 0.5) is 0 Å². The fourth-order valence-corrected chi connectivity index (χ4v) is 6.05. The fourth-order valence-electron chi connectivity index (χ4n) is 5.51. The molecule has 8 nitrogen and oxygen atoms in total. The van der Waals surface area contributed by atoms with Gasteiger partial charge in [-0.15, -0.1) is 0 Å². The number of carbonyl (C=O) groups is 1. The van der Waals surface area contributed by atoms with E-state index in [1.165, 1.54) is 12.5 Å². The van der Waals surface area contributed by atoms with Gasteiger partial charge in [0, 0.05) is 34.5 Å². The average molecular weight is 557 g/mol. The maximum Gasteiger partial charge on any atom is 0.268 e. The molecule has 200 valence electrons. The van der Waals surface area contributed by atoms with E-state index in [9.17, 15) is 19.2 Å². The third-order valence-electron chi connectivity index (χ3n) is 7.43. The van der Waals surface area contributed by atoms with Crippen LogP contribution in [0.1, 0.15) is 61.9 Å². The molecule has 1 aromatic heterocycles. The molecule has 0 bridgehead atoms. The molecular weight excluding hydrogens is 527 g/mol. The van der Waals surface area contributed by atoms with Gasteiger partial charge in [0.05, 0.1) is 22.8 Å². The second-order valence-electron chi connectivity index (χ2n) is 10.0. The maximum absolute atomic E-state index is 13.3.